The first-order chi connectivity index (χ1) is 10.4. The summed E-state index contributed by atoms with van der Waals surface area (Å²) in [4.78, 5) is 0. The van der Waals surface area contributed by atoms with E-state index in [1.165, 1.54) is 38.6 Å². The standard InChI is InChI=1S/C21H17.Mg.2H/c1-2-15-13-17-9-6-12-20(21(17)14-15)19-11-5-8-16-7-3-4-10-18(16)19;;;/h3-14H,2H2,1H3;;;. The van der Waals surface area contributed by atoms with Crippen LogP contribution in [0.5, 0.6) is 0 Å². The highest BCUT2D eigenvalue weighted by Gasteiger charge is 2.16. The minimum absolute atomic E-state index is 0. The molecule has 1 aliphatic carbocycles. The fraction of sp³-hybridized carbons (Fsp3) is 0.0952. The average molecular weight is 296 g/mol. The van der Waals surface area contributed by atoms with Gasteiger partial charge in [-0.1, -0.05) is 79.2 Å². The Kier molecular flexibility index (Phi) is 4.37. The second-order valence-electron chi connectivity index (χ2n) is 5.55. The summed E-state index contributed by atoms with van der Waals surface area (Å²) in [5.74, 6) is 0. The van der Waals surface area contributed by atoms with Crippen LogP contribution in [0.1, 0.15) is 24.5 Å². The molecule has 0 aliphatic heterocycles. The molecule has 3 aromatic rings. The zero-order valence-corrected chi connectivity index (χ0v) is 12.1. The molecule has 105 valence electrons. The zero-order valence-electron chi connectivity index (χ0n) is 12.1. The molecule has 3 aromatic carbocycles. The molecule has 0 N–H and O–H groups in total. The van der Waals surface area contributed by atoms with Crippen molar-refractivity contribution in [3.8, 4) is 11.1 Å². The van der Waals surface area contributed by atoms with Gasteiger partial charge in [-0.15, -0.1) is 0 Å². The summed E-state index contributed by atoms with van der Waals surface area (Å²) in [5.41, 5.74) is 6.79. The van der Waals surface area contributed by atoms with E-state index in [2.05, 4.69) is 80.1 Å². The first-order valence-corrected chi connectivity index (χ1v) is 7.53. The van der Waals surface area contributed by atoms with Crippen molar-refractivity contribution < 1.29 is 0 Å². The van der Waals surface area contributed by atoms with Crippen molar-refractivity contribution in [2.45, 2.75) is 13.3 Å². The lowest BCUT2D eigenvalue weighted by Gasteiger charge is -2.11. The molecule has 1 radical (unpaired) electrons. The Morgan fingerprint density at radius 3 is 2.36 bits per heavy atom. The van der Waals surface area contributed by atoms with Crippen LogP contribution in [0.3, 0.4) is 0 Å². The molecule has 0 fully saturated rings. The van der Waals surface area contributed by atoms with Crippen LogP contribution in [0.15, 0.2) is 66.2 Å². The Morgan fingerprint density at radius 1 is 0.773 bits per heavy atom. The summed E-state index contributed by atoms with van der Waals surface area (Å²) in [6.07, 6.45) is 5.74. The molecule has 1 aliphatic rings. The van der Waals surface area contributed by atoms with Crippen molar-refractivity contribution in [2.75, 3.05) is 0 Å². The monoisotopic (exact) mass is 295 g/mol. The zero-order chi connectivity index (χ0) is 14.2. The fourth-order valence-electron chi connectivity index (χ4n) is 3.20. The Morgan fingerprint density at radius 2 is 1.50 bits per heavy atom. The number of allylic oxidation sites excluding steroid dienone is 1. The summed E-state index contributed by atoms with van der Waals surface area (Å²) >= 11 is 0. The maximum absolute atomic E-state index is 2.34. The number of hydrogen-bond acceptors (Lipinski definition) is 0. The van der Waals surface area contributed by atoms with Gasteiger partial charge in [-0.05, 0) is 39.4 Å². The second kappa shape index (κ2) is 6.27. The highest BCUT2D eigenvalue weighted by molar-refractivity contribution is 5.99. The molecule has 0 spiro atoms. The molecule has 1 heteroatoms. The maximum atomic E-state index is 2.34. The van der Waals surface area contributed by atoms with E-state index in [-0.39, 0.29) is 23.1 Å². The van der Waals surface area contributed by atoms with Gasteiger partial charge in [0.15, 0.2) is 0 Å². The molecule has 0 heterocycles. The quantitative estimate of drug-likeness (QED) is 0.587. The van der Waals surface area contributed by atoms with Crippen LogP contribution in [0.25, 0.3) is 28.0 Å². The van der Waals surface area contributed by atoms with Gasteiger partial charge in [-0.2, -0.15) is 0 Å². The molecule has 0 amide bonds. The Labute approximate surface area is 148 Å². The molecular weight excluding hydrogens is 277 g/mol. The van der Waals surface area contributed by atoms with Crippen LogP contribution >= 0.6 is 0 Å². The number of benzene rings is 3. The topological polar surface area (TPSA) is 0 Å². The van der Waals surface area contributed by atoms with Gasteiger partial charge in [0.2, 0.25) is 0 Å². The molecule has 0 saturated carbocycles. The smallest absolute Gasteiger partial charge is 0.0616 e. The molecule has 0 aromatic heterocycles. The van der Waals surface area contributed by atoms with Crippen LogP contribution in [0, 0.1) is 6.42 Å². The Bertz CT molecular complexity index is 853. The predicted octanol–water partition coefficient (Wildman–Crippen LogP) is 4.95. The molecule has 0 bridgehead atoms. The summed E-state index contributed by atoms with van der Waals surface area (Å²) < 4.78 is 0. The number of hydrogen-bond donors (Lipinski definition) is 0. The number of fused-ring (bicyclic) bond motifs is 2. The van der Waals surface area contributed by atoms with Gasteiger partial charge in [0, 0.05) is 6.42 Å². The summed E-state index contributed by atoms with van der Waals surface area (Å²) in [7, 11) is 0. The van der Waals surface area contributed by atoms with Gasteiger partial charge in [0.05, 0.1) is 0 Å². The second-order valence-corrected chi connectivity index (χ2v) is 5.55. The third kappa shape index (κ3) is 2.49. The van der Waals surface area contributed by atoms with Gasteiger partial charge < -0.3 is 0 Å². The molecule has 22 heavy (non-hydrogen) atoms. The third-order valence-corrected chi connectivity index (χ3v) is 4.30. The maximum Gasteiger partial charge on any atom is 0.316 e. The van der Waals surface area contributed by atoms with E-state index in [4.69, 9.17) is 0 Å². The van der Waals surface area contributed by atoms with E-state index in [1.807, 2.05) is 0 Å². The molecule has 0 atom stereocenters. The minimum Gasteiger partial charge on any atom is -0.0616 e. The van der Waals surface area contributed by atoms with Crippen molar-refractivity contribution in [1.82, 2.24) is 0 Å². The van der Waals surface area contributed by atoms with Crippen LogP contribution in [0.4, 0.5) is 0 Å². The van der Waals surface area contributed by atoms with E-state index in [1.54, 1.807) is 0 Å². The Balaban J connectivity index is 0.00000144. The van der Waals surface area contributed by atoms with Gasteiger partial charge in [-0.3, -0.25) is 0 Å². The minimum atomic E-state index is 0. The van der Waals surface area contributed by atoms with E-state index >= 15 is 0 Å². The van der Waals surface area contributed by atoms with Gasteiger partial charge in [-0.25, -0.2) is 0 Å². The molecule has 4 rings (SSSR count). The van der Waals surface area contributed by atoms with Crippen molar-refractivity contribution in [3.05, 3.63) is 83.8 Å². The van der Waals surface area contributed by atoms with Gasteiger partial charge >= 0.3 is 23.1 Å². The van der Waals surface area contributed by atoms with E-state index < -0.39 is 0 Å². The normalized spacial score (nSPS) is 12.7. The summed E-state index contributed by atoms with van der Waals surface area (Å²) in [5, 5.41) is 2.63. The van der Waals surface area contributed by atoms with E-state index in [0.29, 0.717) is 0 Å². The third-order valence-electron chi connectivity index (χ3n) is 4.30. The largest absolute Gasteiger partial charge is 0.316 e. The SMILES string of the molecule is CCC1=Cc2c(cccc2-c2cccc3ccccc23)[CH]1.[MgH2]. The molecular formula is C21H19Mg. The van der Waals surface area contributed by atoms with Crippen LogP contribution < -0.4 is 0 Å². The van der Waals surface area contributed by atoms with Crippen LogP contribution in [0.2, 0.25) is 0 Å². The highest BCUT2D eigenvalue weighted by Crippen LogP contribution is 2.38. The van der Waals surface area contributed by atoms with Crippen molar-refractivity contribution >= 4 is 39.9 Å². The first kappa shape index (κ1) is 15.3. The lowest BCUT2D eigenvalue weighted by molar-refractivity contribution is 1.14. The summed E-state index contributed by atoms with van der Waals surface area (Å²) in [6, 6.07) is 21.8. The average Bonchev–Trinajstić information content (AvgIpc) is 2.97. The van der Waals surface area contributed by atoms with E-state index in [9.17, 15) is 0 Å². The lowest BCUT2D eigenvalue weighted by atomic mass is 9.93. The molecule has 0 nitrogen and oxygen atoms in total. The van der Waals surface area contributed by atoms with E-state index in [0.717, 1.165) is 6.42 Å². The van der Waals surface area contributed by atoms with Gasteiger partial charge in [0.25, 0.3) is 0 Å². The van der Waals surface area contributed by atoms with Crippen molar-refractivity contribution in [3.63, 3.8) is 0 Å². The first-order valence-electron chi connectivity index (χ1n) is 7.53. The summed E-state index contributed by atoms with van der Waals surface area (Å²) in [6.45, 7) is 2.21. The number of rotatable bonds is 2. The lowest BCUT2D eigenvalue weighted by Crippen LogP contribution is -1.87. The van der Waals surface area contributed by atoms with Gasteiger partial charge in [0.1, 0.15) is 0 Å². The van der Waals surface area contributed by atoms with Crippen LogP contribution in [-0.4, -0.2) is 23.1 Å². The molecule has 0 unspecified atom stereocenters. The van der Waals surface area contributed by atoms with Crippen LogP contribution in [-0.2, 0) is 0 Å². The molecule has 0 saturated heterocycles. The Hall–Kier alpha value is -1.57. The van der Waals surface area contributed by atoms with Crippen molar-refractivity contribution in [1.29, 1.82) is 0 Å². The van der Waals surface area contributed by atoms with Crippen molar-refractivity contribution in [2.24, 2.45) is 0 Å². The highest BCUT2D eigenvalue weighted by atomic mass is 24.3. The fourth-order valence-corrected chi connectivity index (χ4v) is 3.20. The predicted molar refractivity (Wildman–Crippen MR) is 99.6 cm³/mol.